The van der Waals surface area contributed by atoms with E-state index in [1.165, 1.54) is 24.6 Å². The largest absolute Gasteiger partial charge is 0.413 e. The van der Waals surface area contributed by atoms with Gasteiger partial charge in [-0.15, -0.1) is 0 Å². The Bertz CT molecular complexity index is 205. The number of rotatable bonds is 5. The molecule has 0 aromatic rings. The summed E-state index contributed by atoms with van der Waals surface area (Å²) < 4.78 is 6.68. The lowest BCUT2D eigenvalue weighted by Gasteiger charge is -2.35. The zero-order valence-corrected chi connectivity index (χ0v) is 13.0. The van der Waals surface area contributed by atoms with Crippen LogP contribution in [0.1, 0.15) is 48.0 Å². The molecule has 1 aliphatic rings. The van der Waals surface area contributed by atoms with Crippen LogP contribution in [-0.2, 0) is 4.43 Å². The van der Waals surface area contributed by atoms with Crippen molar-refractivity contribution in [1.82, 2.24) is 0 Å². The molecule has 0 amide bonds. The maximum Gasteiger partial charge on any atom is 0.192 e. The number of hydrogen-bond acceptors (Lipinski definition) is 1. The van der Waals surface area contributed by atoms with E-state index >= 15 is 0 Å². The van der Waals surface area contributed by atoms with Gasteiger partial charge < -0.3 is 4.43 Å². The van der Waals surface area contributed by atoms with E-state index in [4.69, 9.17) is 4.43 Å². The average molecular weight is 242 g/mol. The summed E-state index contributed by atoms with van der Waals surface area (Å²) in [4.78, 5) is 0. The molecule has 0 N–H and O–H groups in total. The van der Waals surface area contributed by atoms with Crippen LogP contribution in [0.4, 0.5) is 0 Å². The SMILES string of the molecule is CC[Si](CC)(CC)OC1C(C)CC(C)C1C. The van der Waals surface area contributed by atoms with E-state index in [0.29, 0.717) is 6.10 Å². The predicted molar refractivity (Wildman–Crippen MR) is 74.2 cm³/mol. The second-order valence-corrected chi connectivity index (χ2v) is 10.6. The molecule has 1 fully saturated rings. The van der Waals surface area contributed by atoms with Crippen molar-refractivity contribution in [2.24, 2.45) is 17.8 Å². The summed E-state index contributed by atoms with van der Waals surface area (Å²) in [5, 5.41) is 0. The molecule has 96 valence electrons. The van der Waals surface area contributed by atoms with Gasteiger partial charge in [0.15, 0.2) is 8.32 Å². The van der Waals surface area contributed by atoms with Crippen LogP contribution in [0.5, 0.6) is 0 Å². The molecule has 1 aliphatic carbocycles. The van der Waals surface area contributed by atoms with E-state index in [9.17, 15) is 0 Å². The lowest BCUT2D eigenvalue weighted by atomic mass is 9.99. The van der Waals surface area contributed by atoms with Crippen molar-refractivity contribution in [3.05, 3.63) is 0 Å². The molecule has 4 atom stereocenters. The molecular weight excluding hydrogens is 212 g/mol. The molecule has 0 spiro atoms. The smallest absolute Gasteiger partial charge is 0.192 e. The van der Waals surface area contributed by atoms with Crippen LogP contribution in [0, 0.1) is 17.8 Å². The second-order valence-electron chi connectivity index (χ2n) is 5.88. The highest BCUT2D eigenvalue weighted by atomic mass is 28.4. The molecule has 2 heteroatoms. The highest BCUT2D eigenvalue weighted by molar-refractivity contribution is 6.73. The van der Waals surface area contributed by atoms with E-state index in [-0.39, 0.29) is 0 Å². The molecule has 0 aromatic heterocycles. The van der Waals surface area contributed by atoms with Gasteiger partial charge >= 0.3 is 0 Å². The minimum absolute atomic E-state index is 0.543. The summed E-state index contributed by atoms with van der Waals surface area (Å²) in [5.41, 5.74) is 0. The molecule has 0 bridgehead atoms. The van der Waals surface area contributed by atoms with Gasteiger partial charge in [0.2, 0.25) is 0 Å². The number of hydrogen-bond donors (Lipinski definition) is 0. The molecule has 0 radical (unpaired) electrons. The first-order chi connectivity index (χ1) is 7.49. The summed E-state index contributed by atoms with van der Waals surface area (Å²) >= 11 is 0. The minimum atomic E-state index is -1.40. The van der Waals surface area contributed by atoms with Gasteiger partial charge in [0, 0.05) is 0 Å². The highest BCUT2D eigenvalue weighted by Crippen LogP contribution is 2.40. The van der Waals surface area contributed by atoms with Crippen molar-refractivity contribution < 1.29 is 4.43 Å². The highest BCUT2D eigenvalue weighted by Gasteiger charge is 2.41. The normalized spacial score (nSPS) is 35.6. The van der Waals surface area contributed by atoms with Crippen molar-refractivity contribution in [1.29, 1.82) is 0 Å². The molecule has 16 heavy (non-hydrogen) atoms. The third-order valence-corrected chi connectivity index (χ3v) is 9.68. The van der Waals surface area contributed by atoms with Crippen LogP contribution >= 0.6 is 0 Å². The molecule has 1 saturated carbocycles. The van der Waals surface area contributed by atoms with Crippen molar-refractivity contribution in [3.63, 3.8) is 0 Å². The third-order valence-electron chi connectivity index (χ3n) is 5.04. The van der Waals surface area contributed by atoms with E-state index in [2.05, 4.69) is 41.5 Å². The summed E-state index contributed by atoms with van der Waals surface area (Å²) in [7, 11) is -1.40. The fourth-order valence-corrected chi connectivity index (χ4v) is 6.31. The molecule has 1 nitrogen and oxygen atoms in total. The molecule has 4 unspecified atom stereocenters. The topological polar surface area (TPSA) is 9.23 Å². The minimum Gasteiger partial charge on any atom is -0.413 e. The standard InChI is InChI=1S/C14H30OSi/c1-7-16(8-2,9-3)15-14-12(5)10-11(4)13(14)6/h11-14H,7-10H2,1-6H3. The Morgan fingerprint density at radius 3 is 1.75 bits per heavy atom. The Hall–Kier alpha value is 0.177. The summed E-state index contributed by atoms with van der Waals surface area (Å²) in [5.74, 6) is 2.37. The lowest BCUT2D eigenvalue weighted by Crippen LogP contribution is -2.42. The van der Waals surface area contributed by atoms with Crippen molar-refractivity contribution in [3.8, 4) is 0 Å². The van der Waals surface area contributed by atoms with Crippen molar-refractivity contribution in [2.45, 2.75) is 72.2 Å². The zero-order valence-electron chi connectivity index (χ0n) is 12.0. The van der Waals surface area contributed by atoms with Gasteiger partial charge in [-0.05, 0) is 42.3 Å². The first kappa shape index (κ1) is 14.2. The Balaban J connectivity index is 2.71. The van der Waals surface area contributed by atoms with Gasteiger partial charge in [-0.25, -0.2) is 0 Å². The predicted octanol–water partition coefficient (Wildman–Crippen LogP) is 4.69. The second kappa shape index (κ2) is 5.68. The van der Waals surface area contributed by atoms with E-state index in [0.717, 1.165) is 17.8 Å². The lowest BCUT2D eigenvalue weighted by molar-refractivity contribution is 0.112. The van der Waals surface area contributed by atoms with Gasteiger partial charge in [-0.3, -0.25) is 0 Å². The molecular formula is C14H30OSi. The van der Waals surface area contributed by atoms with E-state index in [1.807, 2.05) is 0 Å². The van der Waals surface area contributed by atoms with Crippen molar-refractivity contribution >= 4 is 8.32 Å². The van der Waals surface area contributed by atoms with E-state index in [1.54, 1.807) is 0 Å². The van der Waals surface area contributed by atoms with Crippen LogP contribution in [0.25, 0.3) is 0 Å². The monoisotopic (exact) mass is 242 g/mol. The molecule has 0 heterocycles. The van der Waals surface area contributed by atoms with Gasteiger partial charge in [0.05, 0.1) is 6.10 Å². The van der Waals surface area contributed by atoms with E-state index < -0.39 is 8.32 Å². The van der Waals surface area contributed by atoms with Crippen LogP contribution < -0.4 is 0 Å². The van der Waals surface area contributed by atoms with Gasteiger partial charge in [0.25, 0.3) is 0 Å². The van der Waals surface area contributed by atoms with Gasteiger partial charge in [0.1, 0.15) is 0 Å². The van der Waals surface area contributed by atoms with Gasteiger partial charge in [-0.1, -0.05) is 41.5 Å². The summed E-state index contributed by atoms with van der Waals surface area (Å²) in [6.45, 7) is 14.1. The fourth-order valence-electron chi connectivity index (χ4n) is 3.29. The third kappa shape index (κ3) is 2.70. The van der Waals surface area contributed by atoms with Crippen LogP contribution in [0.2, 0.25) is 18.1 Å². The maximum absolute atomic E-state index is 6.68. The Morgan fingerprint density at radius 2 is 1.44 bits per heavy atom. The molecule has 0 aliphatic heterocycles. The Kier molecular flexibility index (Phi) is 5.05. The Morgan fingerprint density at radius 1 is 0.938 bits per heavy atom. The van der Waals surface area contributed by atoms with Crippen molar-refractivity contribution in [2.75, 3.05) is 0 Å². The molecule has 0 saturated heterocycles. The van der Waals surface area contributed by atoms with Crippen LogP contribution in [-0.4, -0.2) is 14.4 Å². The first-order valence-corrected chi connectivity index (χ1v) is 9.70. The average Bonchev–Trinajstić information content (AvgIpc) is 2.52. The summed E-state index contributed by atoms with van der Waals surface area (Å²) in [6.07, 6.45) is 1.90. The first-order valence-electron chi connectivity index (χ1n) is 7.17. The Labute approximate surface area is 103 Å². The van der Waals surface area contributed by atoms with Crippen LogP contribution in [0.15, 0.2) is 0 Å². The fraction of sp³-hybridized carbons (Fsp3) is 1.00. The summed E-state index contributed by atoms with van der Waals surface area (Å²) in [6, 6.07) is 3.85. The van der Waals surface area contributed by atoms with Crippen LogP contribution in [0.3, 0.4) is 0 Å². The quantitative estimate of drug-likeness (QED) is 0.636. The zero-order chi connectivity index (χ0) is 12.3. The molecule has 0 aromatic carbocycles. The molecule has 1 rings (SSSR count). The maximum atomic E-state index is 6.68. The van der Waals surface area contributed by atoms with Gasteiger partial charge in [-0.2, -0.15) is 0 Å².